The van der Waals surface area contributed by atoms with Crippen LogP contribution in [0.3, 0.4) is 0 Å². The molecular formula is C23H21ClN4O3. The second-order valence-electron chi connectivity index (χ2n) is 7.85. The fourth-order valence-electron chi connectivity index (χ4n) is 4.20. The number of H-pyrrole nitrogens is 1. The topological polar surface area (TPSA) is 95.2 Å². The molecule has 0 amide bonds. The average molecular weight is 437 g/mol. The van der Waals surface area contributed by atoms with Crippen LogP contribution in [0.4, 0.5) is 5.69 Å². The fraction of sp³-hybridized carbons (Fsp3) is 0.261. The maximum absolute atomic E-state index is 12.6. The molecule has 1 aliphatic rings. The number of piperidine rings is 1. The highest BCUT2D eigenvalue weighted by atomic mass is 35.5. The number of nitrogens with zero attached hydrogens (tertiary/aromatic N) is 3. The quantitative estimate of drug-likeness (QED) is 0.474. The highest BCUT2D eigenvalue weighted by Gasteiger charge is 2.21. The number of rotatable bonds is 3. The van der Waals surface area contributed by atoms with Crippen molar-refractivity contribution in [1.29, 1.82) is 0 Å². The van der Waals surface area contributed by atoms with Crippen LogP contribution in [0.15, 0.2) is 45.8 Å². The Balaban J connectivity index is 1.60. The van der Waals surface area contributed by atoms with Crippen molar-refractivity contribution in [2.24, 2.45) is 0 Å². The van der Waals surface area contributed by atoms with Crippen LogP contribution in [-0.4, -0.2) is 33.5 Å². The molecule has 4 aromatic rings. The first-order valence-electron chi connectivity index (χ1n) is 10.3. The van der Waals surface area contributed by atoms with Gasteiger partial charge in [-0.25, -0.2) is 4.63 Å². The summed E-state index contributed by atoms with van der Waals surface area (Å²) >= 11 is 6.54. The van der Waals surface area contributed by atoms with E-state index in [-0.39, 0.29) is 17.0 Å². The van der Waals surface area contributed by atoms with Crippen LogP contribution in [0.1, 0.15) is 25.0 Å². The number of benzene rings is 2. The molecule has 1 saturated heterocycles. The lowest BCUT2D eigenvalue weighted by Gasteiger charge is -2.28. The molecule has 8 heteroatoms. The SMILES string of the molecule is Cc1nonc1-c1c(O)c2cc(-c3ccc(N4CCCCC4)cc3)c(Cl)cc2[nH]c1=O. The lowest BCUT2D eigenvalue weighted by atomic mass is 10.00. The predicted octanol–water partition coefficient (Wildman–Crippen LogP) is 4.90. The third-order valence-electron chi connectivity index (χ3n) is 5.86. The van der Waals surface area contributed by atoms with Crippen molar-refractivity contribution >= 4 is 28.2 Å². The summed E-state index contributed by atoms with van der Waals surface area (Å²) in [5, 5.41) is 19.4. The Bertz CT molecular complexity index is 1320. The van der Waals surface area contributed by atoms with Gasteiger partial charge in [-0.2, -0.15) is 0 Å². The molecule has 0 unspecified atom stereocenters. The molecule has 7 nitrogen and oxygen atoms in total. The van der Waals surface area contributed by atoms with Gasteiger partial charge in [0.15, 0.2) is 0 Å². The molecule has 0 saturated carbocycles. The zero-order valence-electron chi connectivity index (χ0n) is 17.0. The highest BCUT2D eigenvalue weighted by molar-refractivity contribution is 6.34. The van der Waals surface area contributed by atoms with Crippen LogP contribution in [0.2, 0.25) is 5.02 Å². The summed E-state index contributed by atoms with van der Waals surface area (Å²) in [7, 11) is 0. The average Bonchev–Trinajstić information content (AvgIpc) is 3.19. The number of fused-ring (bicyclic) bond motifs is 1. The maximum Gasteiger partial charge on any atom is 0.261 e. The molecule has 2 N–H and O–H groups in total. The molecule has 1 aliphatic heterocycles. The van der Waals surface area contributed by atoms with E-state index in [0.717, 1.165) is 24.2 Å². The molecule has 1 fully saturated rings. The Kier molecular flexibility index (Phi) is 4.90. The van der Waals surface area contributed by atoms with Gasteiger partial charge >= 0.3 is 0 Å². The third-order valence-corrected chi connectivity index (χ3v) is 6.18. The normalized spacial score (nSPS) is 14.3. The van der Waals surface area contributed by atoms with Gasteiger partial charge in [0.2, 0.25) is 0 Å². The molecular weight excluding hydrogens is 416 g/mol. The molecule has 2 aromatic carbocycles. The van der Waals surface area contributed by atoms with Crippen LogP contribution in [-0.2, 0) is 0 Å². The van der Waals surface area contributed by atoms with Gasteiger partial charge in [-0.15, -0.1) is 0 Å². The summed E-state index contributed by atoms with van der Waals surface area (Å²) < 4.78 is 4.71. The van der Waals surface area contributed by atoms with Crippen molar-refractivity contribution in [3.8, 4) is 28.1 Å². The minimum Gasteiger partial charge on any atom is -0.506 e. The Morgan fingerprint density at radius 1 is 1.10 bits per heavy atom. The first kappa shape index (κ1) is 19.6. The van der Waals surface area contributed by atoms with Gasteiger partial charge in [0, 0.05) is 29.7 Å². The molecule has 158 valence electrons. The summed E-state index contributed by atoms with van der Waals surface area (Å²) in [6, 6.07) is 11.7. The summed E-state index contributed by atoms with van der Waals surface area (Å²) in [6.07, 6.45) is 3.73. The Labute approximate surface area is 183 Å². The zero-order valence-corrected chi connectivity index (χ0v) is 17.7. The zero-order chi connectivity index (χ0) is 21.5. The Morgan fingerprint density at radius 3 is 2.52 bits per heavy atom. The number of pyridine rings is 1. The first-order valence-corrected chi connectivity index (χ1v) is 10.6. The summed E-state index contributed by atoms with van der Waals surface area (Å²) in [6.45, 7) is 3.82. The van der Waals surface area contributed by atoms with Crippen molar-refractivity contribution < 1.29 is 9.74 Å². The van der Waals surface area contributed by atoms with E-state index in [1.165, 1.54) is 24.9 Å². The second kappa shape index (κ2) is 7.74. The predicted molar refractivity (Wildman–Crippen MR) is 121 cm³/mol. The van der Waals surface area contributed by atoms with Gasteiger partial charge < -0.3 is 15.0 Å². The minimum absolute atomic E-state index is 0.0277. The van der Waals surface area contributed by atoms with E-state index < -0.39 is 5.56 Å². The number of halogens is 1. The minimum atomic E-state index is -0.487. The van der Waals surface area contributed by atoms with Gasteiger partial charge in [-0.3, -0.25) is 4.79 Å². The standard InChI is InChI=1S/C23H21ClN4O3/c1-13-21(27-31-26-13)20-22(29)17-11-16(18(24)12-19(17)25-23(20)30)14-5-7-15(8-6-14)28-9-3-2-4-10-28/h5-8,11-12H,2-4,9-10H2,1H3,(H2,25,29,30). The molecule has 3 heterocycles. The smallest absolute Gasteiger partial charge is 0.261 e. The van der Waals surface area contributed by atoms with Crippen molar-refractivity contribution in [2.75, 3.05) is 18.0 Å². The van der Waals surface area contributed by atoms with E-state index in [0.29, 0.717) is 21.6 Å². The summed E-state index contributed by atoms with van der Waals surface area (Å²) in [5.41, 5.74) is 3.51. The lowest BCUT2D eigenvalue weighted by Crippen LogP contribution is -2.29. The van der Waals surface area contributed by atoms with Crippen LogP contribution in [0.25, 0.3) is 33.3 Å². The van der Waals surface area contributed by atoms with E-state index in [4.69, 9.17) is 16.2 Å². The van der Waals surface area contributed by atoms with Gasteiger partial charge in [0.25, 0.3) is 5.56 Å². The number of anilines is 1. The Hall–Kier alpha value is -3.32. The van der Waals surface area contributed by atoms with Crippen molar-refractivity contribution in [2.45, 2.75) is 26.2 Å². The summed E-state index contributed by atoms with van der Waals surface area (Å²) in [4.78, 5) is 17.8. The largest absolute Gasteiger partial charge is 0.506 e. The number of hydrogen-bond donors (Lipinski definition) is 2. The van der Waals surface area contributed by atoms with Gasteiger partial charge in [-0.05, 0) is 61.2 Å². The number of aromatic nitrogens is 3. The number of nitrogens with one attached hydrogen (secondary N) is 1. The monoisotopic (exact) mass is 436 g/mol. The number of aryl methyl sites for hydroxylation is 1. The molecule has 31 heavy (non-hydrogen) atoms. The van der Waals surface area contributed by atoms with Crippen molar-refractivity contribution in [3.63, 3.8) is 0 Å². The molecule has 2 aromatic heterocycles. The molecule has 0 bridgehead atoms. The Morgan fingerprint density at radius 2 is 1.84 bits per heavy atom. The van der Waals surface area contributed by atoms with E-state index >= 15 is 0 Å². The molecule has 0 aliphatic carbocycles. The first-order chi connectivity index (χ1) is 15.0. The van der Waals surface area contributed by atoms with Crippen LogP contribution >= 0.6 is 11.6 Å². The van der Waals surface area contributed by atoms with Crippen LogP contribution in [0, 0.1) is 6.92 Å². The van der Waals surface area contributed by atoms with E-state index in [9.17, 15) is 9.90 Å². The molecule has 5 rings (SSSR count). The number of hydrogen-bond acceptors (Lipinski definition) is 6. The van der Waals surface area contributed by atoms with E-state index in [1.807, 2.05) is 12.1 Å². The molecule has 0 radical (unpaired) electrons. The van der Waals surface area contributed by atoms with Crippen molar-refractivity contribution in [1.82, 2.24) is 15.3 Å². The van der Waals surface area contributed by atoms with Gasteiger partial charge in [0.05, 0.1) is 10.5 Å². The van der Waals surface area contributed by atoms with E-state index in [2.05, 4.69) is 32.3 Å². The van der Waals surface area contributed by atoms with E-state index in [1.54, 1.807) is 19.1 Å². The van der Waals surface area contributed by atoms with Crippen molar-refractivity contribution in [3.05, 3.63) is 57.5 Å². The lowest BCUT2D eigenvalue weighted by molar-refractivity contribution is 0.305. The fourth-order valence-corrected chi connectivity index (χ4v) is 4.48. The number of aromatic amines is 1. The summed E-state index contributed by atoms with van der Waals surface area (Å²) in [5.74, 6) is -0.180. The second-order valence-corrected chi connectivity index (χ2v) is 8.26. The maximum atomic E-state index is 12.6. The highest BCUT2D eigenvalue weighted by Crippen LogP contribution is 2.38. The van der Waals surface area contributed by atoms with Gasteiger partial charge in [-0.1, -0.05) is 28.9 Å². The van der Waals surface area contributed by atoms with Crippen LogP contribution in [0.5, 0.6) is 5.75 Å². The third kappa shape index (κ3) is 3.45. The molecule has 0 atom stereocenters. The number of aromatic hydroxyl groups is 1. The molecule has 0 spiro atoms. The van der Waals surface area contributed by atoms with Gasteiger partial charge in [0.1, 0.15) is 22.7 Å². The van der Waals surface area contributed by atoms with Crippen LogP contribution < -0.4 is 10.5 Å².